The molecule has 1 saturated carbocycles. The first-order chi connectivity index (χ1) is 20.5. The molecular weight excluding hydrogens is 630 g/mol. The van der Waals surface area contributed by atoms with E-state index in [9.17, 15) is 27.9 Å². The number of hydrogen-bond donors (Lipinski definition) is 1. The van der Waals surface area contributed by atoms with E-state index in [1.165, 1.54) is 6.07 Å². The van der Waals surface area contributed by atoms with E-state index in [0.29, 0.717) is 58.4 Å². The summed E-state index contributed by atoms with van der Waals surface area (Å²) in [6, 6.07) is 6.61. The molecule has 8 nitrogen and oxygen atoms in total. The predicted octanol–water partition coefficient (Wildman–Crippen LogP) is 8.46. The maximum atomic E-state index is 13.8. The molecule has 43 heavy (non-hydrogen) atoms. The number of ether oxygens (including phenoxy) is 1. The zero-order valence-corrected chi connectivity index (χ0v) is 24.9. The van der Waals surface area contributed by atoms with Crippen LogP contribution in [0.4, 0.5) is 18.3 Å². The van der Waals surface area contributed by atoms with Gasteiger partial charge in [0.2, 0.25) is 0 Å². The van der Waals surface area contributed by atoms with Gasteiger partial charge < -0.3 is 19.3 Å². The lowest BCUT2D eigenvalue weighted by molar-refractivity contribution is -0.136. The zero-order valence-electron chi connectivity index (χ0n) is 22.6. The van der Waals surface area contributed by atoms with Gasteiger partial charge in [0.25, 0.3) is 0 Å². The van der Waals surface area contributed by atoms with Crippen LogP contribution < -0.4 is 4.90 Å². The third-order valence-corrected chi connectivity index (χ3v) is 9.43. The predicted molar refractivity (Wildman–Crippen MR) is 155 cm³/mol. The Bertz CT molecular complexity index is 1720. The van der Waals surface area contributed by atoms with E-state index < -0.39 is 35.3 Å². The number of carboxylic acids is 1. The molecule has 14 heteroatoms. The zero-order chi connectivity index (χ0) is 30.6. The van der Waals surface area contributed by atoms with E-state index in [1.807, 2.05) is 11.8 Å². The van der Waals surface area contributed by atoms with Crippen LogP contribution >= 0.6 is 34.5 Å². The van der Waals surface area contributed by atoms with Crippen molar-refractivity contribution in [3.8, 4) is 11.3 Å². The molecule has 1 saturated heterocycles. The number of fused-ring (bicyclic) bond motifs is 1. The number of esters is 1. The fourth-order valence-electron chi connectivity index (χ4n) is 5.47. The molecule has 2 aliphatic rings. The van der Waals surface area contributed by atoms with Crippen molar-refractivity contribution in [3.63, 3.8) is 0 Å². The smallest absolute Gasteiger partial charge is 0.418 e. The number of alkyl halides is 3. The molecule has 4 aromatic rings. The molecule has 0 bridgehead atoms. The number of aromatic carboxylic acids is 1. The lowest BCUT2D eigenvalue weighted by Crippen LogP contribution is -2.45. The number of carbonyl (C=O) groups is 2. The molecule has 2 fully saturated rings. The summed E-state index contributed by atoms with van der Waals surface area (Å²) in [7, 11) is 0. The number of anilines is 1. The molecule has 6 rings (SSSR count). The van der Waals surface area contributed by atoms with Crippen LogP contribution in [0.1, 0.15) is 77.0 Å². The second-order valence-corrected chi connectivity index (χ2v) is 12.4. The molecule has 3 heterocycles. The Morgan fingerprint density at radius 2 is 1.91 bits per heavy atom. The van der Waals surface area contributed by atoms with Crippen molar-refractivity contribution in [2.24, 2.45) is 0 Å². The summed E-state index contributed by atoms with van der Waals surface area (Å²) in [6.07, 6.45) is -2.12. The topological polar surface area (TPSA) is 106 Å². The van der Waals surface area contributed by atoms with Crippen LogP contribution in [0.15, 0.2) is 34.9 Å². The summed E-state index contributed by atoms with van der Waals surface area (Å²) in [6.45, 7) is 2.30. The van der Waals surface area contributed by atoms with Crippen LogP contribution in [0.5, 0.6) is 0 Å². The highest BCUT2D eigenvalue weighted by Crippen LogP contribution is 2.46. The Morgan fingerprint density at radius 3 is 2.53 bits per heavy atom. The monoisotopic (exact) mass is 653 g/mol. The maximum absolute atomic E-state index is 13.8. The summed E-state index contributed by atoms with van der Waals surface area (Å²) in [5.41, 5.74) is -1.02. The van der Waals surface area contributed by atoms with E-state index in [0.717, 1.165) is 24.2 Å². The summed E-state index contributed by atoms with van der Waals surface area (Å²) in [4.78, 5) is 31.3. The standard InChI is InChI=1S/C29H24Cl2F3N3O5S/c1-2-15-12-16(8-9-37(15)28-35-23-17(29(32,33)34)10-14(26(38)39)11-20(23)43-28)41-27(40)22-24(36-42-25(22)13-6-7-13)21-18(30)4-3-5-19(21)31/h3-5,10-11,13,15-16H,2,6-9,12H2,1H3,(H,38,39)/t15-,16-/m1/s1. The SMILES string of the molecule is CC[C@@H]1C[C@H](OC(=O)c2c(-c3c(Cl)cccc3Cl)noc2C2CC2)CCN1c1nc2c(C(F)(F)F)cc(C(=O)O)cc2s1. The summed E-state index contributed by atoms with van der Waals surface area (Å²) >= 11 is 13.8. The fraction of sp³-hybridized carbons (Fsp3) is 0.379. The number of hydrogen-bond acceptors (Lipinski definition) is 8. The molecule has 1 aliphatic carbocycles. The number of carbonyl (C=O) groups excluding carboxylic acids is 1. The van der Waals surface area contributed by atoms with Gasteiger partial charge in [0, 0.05) is 36.9 Å². The van der Waals surface area contributed by atoms with Gasteiger partial charge in [-0.15, -0.1) is 0 Å². The summed E-state index contributed by atoms with van der Waals surface area (Å²) in [5.74, 6) is -1.55. The molecule has 1 N–H and O–H groups in total. The number of nitrogens with zero attached hydrogens (tertiary/aromatic N) is 3. The maximum Gasteiger partial charge on any atom is 0.418 e. The highest BCUT2D eigenvalue weighted by molar-refractivity contribution is 7.22. The Hall–Kier alpha value is -3.35. The number of aromatic nitrogens is 2. The average Bonchev–Trinajstić information content (AvgIpc) is 3.56. The third-order valence-electron chi connectivity index (χ3n) is 7.76. The van der Waals surface area contributed by atoms with Gasteiger partial charge in [-0.05, 0) is 43.5 Å². The molecule has 226 valence electrons. The van der Waals surface area contributed by atoms with E-state index >= 15 is 0 Å². The number of thiazole rings is 1. The van der Waals surface area contributed by atoms with Crippen LogP contribution in [0.3, 0.4) is 0 Å². The minimum atomic E-state index is -4.77. The van der Waals surface area contributed by atoms with Crippen molar-refractivity contribution in [1.82, 2.24) is 10.1 Å². The Kier molecular flexibility index (Phi) is 7.80. The van der Waals surface area contributed by atoms with Gasteiger partial charge in [-0.3, -0.25) is 0 Å². The molecule has 2 aromatic carbocycles. The second kappa shape index (κ2) is 11.3. The van der Waals surface area contributed by atoms with E-state index in [1.54, 1.807) is 18.2 Å². The van der Waals surface area contributed by atoms with Crippen LogP contribution in [0.25, 0.3) is 21.5 Å². The van der Waals surface area contributed by atoms with Crippen molar-refractivity contribution < 1.29 is 37.1 Å². The molecule has 0 radical (unpaired) electrons. The van der Waals surface area contributed by atoms with Crippen LogP contribution in [0.2, 0.25) is 10.0 Å². The van der Waals surface area contributed by atoms with Crippen molar-refractivity contribution in [2.45, 2.75) is 63.3 Å². The number of piperidine rings is 1. The van der Waals surface area contributed by atoms with E-state index in [-0.39, 0.29) is 33.4 Å². The Morgan fingerprint density at radius 1 is 1.19 bits per heavy atom. The molecule has 0 spiro atoms. The quantitative estimate of drug-likeness (QED) is 0.198. The summed E-state index contributed by atoms with van der Waals surface area (Å²) < 4.78 is 53.1. The minimum Gasteiger partial charge on any atom is -0.478 e. The third kappa shape index (κ3) is 5.67. The second-order valence-electron chi connectivity index (χ2n) is 10.6. The molecule has 1 aliphatic heterocycles. The molecule has 2 atom stereocenters. The highest BCUT2D eigenvalue weighted by Gasteiger charge is 2.40. The lowest BCUT2D eigenvalue weighted by atomic mass is 9.97. The first kappa shape index (κ1) is 29.7. The van der Waals surface area contributed by atoms with Crippen molar-refractivity contribution in [2.75, 3.05) is 11.4 Å². The number of benzene rings is 2. The normalized spacial score (nSPS) is 19.2. The fourth-order valence-corrected chi connectivity index (χ4v) is 7.18. The Balaban J connectivity index is 1.25. The van der Waals surface area contributed by atoms with Crippen molar-refractivity contribution in [3.05, 3.63) is 62.8 Å². The number of halogens is 5. The molecule has 0 unspecified atom stereocenters. The van der Waals surface area contributed by atoms with Gasteiger partial charge in [-0.2, -0.15) is 13.2 Å². The minimum absolute atomic E-state index is 0.0533. The number of carboxylic acid groups (broad SMARTS) is 1. The van der Waals surface area contributed by atoms with Gasteiger partial charge >= 0.3 is 18.1 Å². The van der Waals surface area contributed by atoms with Gasteiger partial charge in [0.1, 0.15) is 17.4 Å². The van der Waals surface area contributed by atoms with Crippen LogP contribution in [-0.2, 0) is 10.9 Å². The lowest BCUT2D eigenvalue weighted by Gasteiger charge is -2.38. The largest absolute Gasteiger partial charge is 0.478 e. The molecular formula is C29H24Cl2F3N3O5S. The van der Waals surface area contributed by atoms with Crippen molar-refractivity contribution in [1.29, 1.82) is 0 Å². The van der Waals surface area contributed by atoms with Gasteiger partial charge in [-0.25, -0.2) is 14.6 Å². The molecule has 0 amide bonds. The highest BCUT2D eigenvalue weighted by atomic mass is 35.5. The van der Waals surface area contributed by atoms with Crippen molar-refractivity contribution >= 4 is 61.8 Å². The van der Waals surface area contributed by atoms with E-state index in [4.69, 9.17) is 32.5 Å². The Labute approximate surface area is 257 Å². The van der Waals surface area contributed by atoms with Gasteiger partial charge in [0.15, 0.2) is 10.9 Å². The summed E-state index contributed by atoms with van der Waals surface area (Å²) in [5, 5.41) is 14.5. The first-order valence-corrected chi connectivity index (χ1v) is 15.2. The average molecular weight is 654 g/mol. The number of rotatable bonds is 7. The van der Waals surface area contributed by atoms with Gasteiger partial charge in [-0.1, -0.05) is 52.7 Å². The van der Waals surface area contributed by atoms with Gasteiger partial charge in [0.05, 0.1) is 31.4 Å². The first-order valence-electron chi connectivity index (χ1n) is 13.6. The molecule has 2 aromatic heterocycles. The van der Waals surface area contributed by atoms with Crippen LogP contribution in [0, 0.1) is 0 Å². The van der Waals surface area contributed by atoms with E-state index in [2.05, 4.69) is 10.1 Å². The van der Waals surface area contributed by atoms with Crippen LogP contribution in [-0.4, -0.2) is 45.9 Å².